The fourth-order valence-electron chi connectivity index (χ4n) is 3.66. The molecule has 2 aromatic carbocycles. The van der Waals surface area contributed by atoms with Gasteiger partial charge in [0.1, 0.15) is 6.26 Å². The van der Waals surface area contributed by atoms with Crippen LogP contribution < -0.4 is 5.32 Å². The maximum atomic E-state index is 12.5. The first kappa shape index (κ1) is 17.3. The van der Waals surface area contributed by atoms with Crippen LogP contribution in [0.1, 0.15) is 45.7 Å². The average molecular weight is 359 g/mol. The predicted molar refractivity (Wildman–Crippen MR) is 105 cm³/mol. The summed E-state index contributed by atoms with van der Waals surface area (Å²) >= 11 is 0. The van der Waals surface area contributed by atoms with Crippen LogP contribution >= 0.6 is 0 Å². The standard InChI is InChI=1S/C23H21NO3/c1-14-4-6-18(24-22(26)16-8-9-27-13-16)11-20(14)15-5-7-19-17(10-15)12-23(2,3)21(19)25/h4-11,13H,12H2,1-3H3,(H,24,26). The number of amides is 1. The average Bonchev–Trinajstić information content (AvgIpc) is 3.24. The Morgan fingerprint density at radius 3 is 2.63 bits per heavy atom. The summed E-state index contributed by atoms with van der Waals surface area (Å²) < 4.78 is 4.97. The monoisotopic (exact) mass is 359 g/mol. The molecule has 4 nitrogen and oxygen atoms in total. The number of furan rings is 1. The lowest BCUT2D eigenvalue weighted by atomic mass is 9.89. The van der Waals surface area contributed by atoms with E-state index in [1.54, 1.807) is 6.07 Å². The zero-order chi connectivity index (χ0) is 19.2. The number of hydrogen-bond donors (Lipinski definition) is 1. The lowest BCUT2D eigenvalue weighted by Gasteiger charge is -2.13. The molecule has 136 valence electrons. The third kappa shape index (κ3) is 3.08. The minimum absolute atomic E-state index is 0.208. The summed E-state index contributed by atoms with van der Waals surface area (Å²) in [6.45, 7) is 6.03. The Balaban J connectivity index is 1.67. The van der Waals surface area contributed by atoms with Gasteiger partial charge in [-0.1, -0.05) is 38.1 Å². The van der Waals surface area contributed by atoms with Crippen molar-refractivity contribution in [3.05, 3.63) is 77.2 Å². The Labute approximate surface area is 158 Å². The van der Waals surface area contributed by atoms with Crippen LogP contribution in [0.4, 0.5) is 5.69 Å². The molecule has 4 rings (SSSR count). The van der Waals surface area contributed by atoms with Gasteiger partial charge in [0.15, 0.2) is 5.78 Å². The number of aryl methyl sites for hydroxylation is 1. The third-order valence-corrected chi connectivity index (χ3v) is 5.19. The van der Waals surface area contributed by atoms with Crippen molar-refractivity contribution in [2.75, 3.05) is 5.32 Å². The molecule has 1 N–H and O–H groups in total. The molecule has 1 amide bonds. The minimum Gasteiger partial charge on any atom is -0.472 e. The van der Waals surface area contributed by atoms with Crippen LogP contribution in [0, 0.1) is 12.3 Å². The second-order valence-electron chi connectivity index (χ2n) is 7.76. The topological polar surface area (TPSA) is 59.3 Å². The molecule has 0 atom stereocenters. The lowest BCUT2D eigenvalue weighted by molar-refractivity contribution is 0.0863. The first-order valence-electron chi connectivity index (χ1n) is 8.97. The summed E-state index contributed by atoms with van der Waals surface area (Å²) in [7, 11) is 0. The van der Waals surface area contributed by atoms with Crippen LogP contribution in [0.3, 0.4) is 0 Å². The Bertz CT molecular complexity index is 1050. The number of ketones is 1. The van der Waals surface area contributed by atoms with Crippen LogP contribution in [-0.2, 0) is 6.42 Å². The van der Waals surface area contributed by atoms with Crippen molar-refractivity contribution in [1.29, 1.82) is 0 Å². The van der Waals surface area contributed by atoms with Gasteiger partial charge in [-0.3, -0.25) is 9.59 Å². The van der Waals surface area contributed by atoms with E-state index in [0.29, 0.717) is 5.56 Å². The molecule has 27 heavy (non-hydrogen) atoms. The van der Waals surface area contributed by atoms with Crippen molar-refractivity contribution in [2.24, 2.45) is 5.41 Å². The van der Waals surface area contributed by atoms with Crippen LogP contribution in [0.2, 0.25) is 0 Å². The highest BCUT2D eigenvalue weighted by molar-refractivity contribution is 6.05. The van der Waals surface area contributed by atoms with E-state index in [0.717, 1.165) is 39.9 Å². The summed E-state index contributed by atoms with van der Waals surface area (Å²) in [6.07, 6.45) is 3.65. The number of fused-ring (bicyclic) bond motifs is 1. The van der Waals surface area contributed by atoms with E-state index in [1.165, 1.54) is 12.5 Å². The van der Waals surface area contributed by atoms with Gasteiger partial charge in [0.05, 0.1) is 11.8 Å². The van der Waals surface area contributed by atoms with E-state index in [1.807, 2.05) is 51.1 Å². The van der Waals surface area contributed by atoms with E-state index < -0.39 is 0 Å². The molecule has 1 aromatic heterocycles. The molecule has 0 saturated heterocycles. The summed E-state index contributed by atoms with van der Waals surface area (Å²) in [5.74, 6) is 0.00162. The Morgan fingerprint density at radius 2 is 1.89 bits per heavy atom. The zero-order valence-corrected chi connectivity index (χ0v) is 15.6. The highest BCUT2D eigenvalue weighted by atomic mass is 16.3. The van der Waals surface area contributed by atoms with Crippen molar-refractivity contribution >= 4 is 17.4 Å². The Hall–Kier alpha value is -3.14. The first-order chi connectivity index (χ1) is 12.8. The lowest BCUT2D eigenvalue weighted by Crippen LogP contribution is -2.18. The smallest absolute Gasteiger partial charge is 0.258 e. The fraction of sp³-hybridized carbons (Fsp3) is 0.217. The highest BCUT2D eigenvalue weighted by Gasteiger charge is 2.37. The second-order valence-corrected chi connectivity index (χ2v) is 7.76. The molecule has 0 bridgehead atoms. The van der Waals surface area contributed by atoms with Gasteiger partial charge in [0, 0.05) is 16.7 Å². The molecule has 0 fully saturated rings. The van der Waals surface area contributed by atoms with E-state index >= 15 is 0 Å². The van der Waals surface area contributed by atoms with Crippen molar-refractivity contribution in [3.63, 3.8) is 0 Å². The highest BCUT2D eigenvalue weighted by Crippen LogP contribution is 2.38. The molecule has 0 spiro atoms. The van der Waals surface area contributed by atoms with Gasteiger partial charge in [0.2, 0.25) is 0 Å². The molecule has 4 heteroatoms. The first-order valence-corrected chi connectivity index (χ1v) is 8.97. The maximum absolute atomic E-state index is 12.5. The predicted octanol–water partition coefficient (Wildman–Crippen LogP) is 5.27. The van der Waals surface area contributed by atoms with Crippen LogP contribution in [0.15, 0.2) is 59.4 Å². The molecule has 1 aliphatic rings. The quantitative estimate of drug-likeness (QED) is 0.693. The SMILES string of the molecule is Cc1ccc(NC(=O)c2ccoc2)cc1-c1ccc2c(c1)CC(C)(C)C2=O. The summed E-state index contributed by atoms with van der Waals surface area (Å²) in [6, 6.07) is 13.5. The van der Waals surface area contributed by atoms with Gasteiger partial charge in [-0.2, -0.15) is 0 Å². The number of carbonyl (C=O) groups is 2. The molecule has 0 unspecified atom stereocenters. The number of benzene rings is 2. The largest absolute Gasteiger partial charge is 0.472 e. The Morgan fingerprint density at radius 1 is 1.07 bits per heavy atom. The van der Waals surface area contributed by atoms with Crippen LogP contribution in [-0.4, -0.2) is 11.7 Å². The van der Waals surface area contributed by atoms with Crippen molar-refractivity contribution in [1.82, 2.24) is 0 Å². The third-order valence-electron chi connectivity index (χ3n) is 5.19. The Kier molecular flexibility index (Phi) is 3.99. The van der Waals surface area contributed by atoms with Gasteiger partial charge in [0.25, 0.3) is 5.91 Å². The van der Waals surface area contributed by atoms with Gasteiger partial charge in [-0.15, -0.1) is 0 Å². The van der Waals surface area contributed by atoms with Gasteiger partial charge >= 0.3 is 0 Å². The molecule has 1 heterocycles. The molecular formula is C23H21NO3. The molecule has 0 radical (unpaired) electrons. The van der Waals surface area contributed by atoms with Crippen LogP contribution in [0.5, 0.6) is 0 Å². The molecule has 0 saturated carbocycles. The van der Waals surface area contributed by atoms with Crippen LogP contribution in [0.25, 0.3) is 11.1 Å². The fourth-order valence-corrected chi connectivity index (χ4v) is 3.66. The van der Waals surface area contributed by atoms with Crippen molar-refractivity contribution < 1.29 is 14.0 Å². The number of rotatable bonds is 3. The molecule has 0 aliphatic heterocycles. The summed E-state index contributed by atoms with van der Waals surface area (Å²) in [4.78, 5) is 24.7. The van der Waals surface area contributed by atoms with Gasteiger partial charge < -0.3 is 9.73 Å². The second kappa shape index (κ2) is 6.23. The number of Topliss-reactive ketones (excluding diaryl/α,β-unsaturated/α-hetero) is 1. The van der Waals surface area contributed by atoms with E-state index in [9.17, 15) is 9.59 Å². The zero-order valence-electron chi connectivity index (χ0n) is 15.6. The number of nitrogens with one attached hydrogen (secondary N) is 1. The van der Waals surface area contributed by atoms with Crippen molar-refractivity contribution in [3.8, 4) is 11.1 Å². The summed E-state index contributed by atoms with van der Waals surface area (Å²) in [5, 5.41) is 2.90. The summed E-state index contributed by atoms with van der Waals surface area (Å²) in [5.41, 5.74) is 5.99. The van der Waals surface area contributed by atoms with Crippen molar-refractivity contribution in [2.45, 2.75) is 27.2 Å². The normalized spacial score (nSPS) is 14.9. The number of carbonyl (C=O) groups excluding carboxylic acids is 2. The van der Waals surface area contributed by atoms with Gasteiger partial charge in [-0.05, 0) is 53.8 Å². The molecule has 3 aromatic rings. The van der Waals surface area contributed by atoms with E-state index in [2.05, 4.69) is 11.4 Å². The molecular weight excluding hydrogens is 338 g/mol. The van der Waals surface area contributed by atoms with Gasteiger partial charge in [-0.25, -0.2) is 0 Å². The minimum atomic E-state index is -0.337. The van der Waals surface area contributed by atoms with E-state index in [-0.39, 0.29) is 17.1 Å². The number of hydrogen-bond acceptors (Lipinski definition) is 3. The number of anilines is 1. The maximum Gasteiger partial charge on any atom is 0.258 e. The molecule has 1 aliphatic carbocycles. The van der Waals surface area contributed by atoms with E-state index in [4.69, 9.17) is 4.42 Å².